The number of carbonyl (C=O) groups excluding carboxylic acids is 1. The van der Waals surface area contributed by atoms with Crippen LogP contribution in [0.2, 0.25) is 0 Å². The standard InChI is InChI=1S/C13H23NO/c1-2-13(15)4-3-9-14(12-7-8-12)10-11-5-6-11/h11-12H,2-10H2,1H3. The summed E-state index contributed by atoms with van der Waals surface area (Å²) in [7, 11) is 0. The van der Waals surface area contributed by atoms with Crippen LogP contribution in [0.15, 0.2) is 0 Å². The molecule has 0 aliphatic heterocycles. The molecule has 0 N–H and O–H groups in total. The zero-order valence-corrected chi connectivity index (χ0v) is 9.87. The van der Waals surface area contributed by atoms with E-state index in [1.807, 2.05) is 6.92 Å². The van der Waals surface area contributed by atoms with Gasteiger partial charge < -0.3 is 4.90 Å². The fourth-order valence-corrected chi connectivity index (χ4v) is 2.15. The van der Waals surface area contributed by atoms with Crippen molar-refractivity contribution in [1.29, 1.82) is 0 Å². The summed E-state index contributed by atoms with van der Waals surface area (Å²) in [5.74, 6) is 1.42. The minimum absolute atomic E-state index is 0.428. The zero-order chi connectivity index (χ0) is 10.7. The largest absolute Gasteiger partial charge is 0.300 e. The van der Waals surface area contributed by atoms with Crippen molar-refractivity contribution < 1.29 is 4.79 Å². The molecule has 0 atom stereocenters. The number of hydrogen-bond acceptors (Lipinski definition) is 2. The van der Waals surface area contributed by atoms with Gasteiger partial charge in [-0.2, -0.15) is 0 Å². The zero-order valence-electron chi connectivity index (χ0n) is 9.87. The Bertz CT molecular complexity index is 219. The highest BCUT2D eigenvalue weighted by atomic mass is 16.1. The molecule has 0 aromatic rings. The summed E-state index contributed by atoms with van der Waals surface area (Å²) in [6.07, 6.45) is 8.27. The van der Waals surface area contributed by atoms with Crippen LogP contribution in [0, 0.1) is 5.92 Å². The van der Waals surface area contributed by atoms with Crippen molar-refractivity contribution >= 4 is 5.78 Å². The topological polar surface area (TPSA) is 20.3 Å². The summed E-state index contributed by atoms with van der Waals surface area (Å²) in [5, 5.41) is 0. The first-order valence-electron chi connectivity index (χ1n) is 6.55. The smallest absolute Gasteiger partial charge is 0.132 e. The molecule has 15 heavy (non-hydrogen) atoms. The second-order valence-electron chi connectivity index (χ2n) is 5.17. The summed E-state index contributed by atoms with van der Waals surface area (Å²) in [4.78, 5) is 13.8. The first-order chi connectivity index (χ1) is 7.29. The molecule has 0 spiro atoms. The van der Waals surface area contributed by atoms with Crippen molar-refractivity contribution in [3.63, 3.8) is 0 Å². The van der Waals surface area contributed by atoms with Crippen molar-refractivity contribution in [3.8, 4) is 0 Å². The van der Waals surface area contributed by atoms with Gasteiger partial charge in [-0.15, -0.1) is 0 Å². The molecule has 0 heterocycles. The van der Waals surface area contributed by atoms with Gasteiger partial charge in [-0.1, -0.05) is 6.92 Å². The predicted molar refractivity (Wildman–Crippen MR) is 61.9 cm³/mol. The van der Waals surface area contributed by atoms with E-state index < -0.39 is 0 Å². The fourth-order valence-electron chi connectivity index (χ4n) is 2.15. The van der Waals surface area contributed by atoms with Gasteiger partial charge in [0.25, 0.3) is 0 Å². The van der Waals surface area contributed by atoms with Crippen molar-refractivity contribution in [1.82, 2.24) is 4.90 Å². The van der Waals surface area contributed by atoms with E-state index in [9.17, 15) is 4.79 Å². The van der Waals surface area contributed by atoms with Crippen LogP contribution < -0.4 is 0 Å². The summed E-state index contributed by atoms with van der Waals surface area (Å²) in [6.45, 7) is 4.43. The molecule has 2 aliphatic rings. The summed E-state index contributed by atoms with van der Waals surface area (Å²) in [6, 6.07) is 0.877. The first-order valence-corrected chi connectivity index (χ1v) is 6.55. The maximum Gasteiger partial charge on any atom is 0.132 e. The van der Waals surface area contributed by atoms with Crippen molar-refractivity contribution in [2.75, 3.05) is 13.1 Å². The molecule has 0 saturated heterocycles. The minimum atomic E-state index is 0.428. The van der Waals surface area contributed by atoms with E-state index in [0.717, 1.165) is 31.3 Å². The Kier molecular flexibility index (Phi) is 3.79. The van der Waals surface area contributed by atoms with E-state index in [1.165, 1.54) is 32.2 Å². The average Bonchev–Trinajstić information content (AvgIpc) is 3.07. The van der Waals surface area contributed by atoms with E-state index in [1.54, 1.807) is 0 Å². The van der Waals surface area contributed by atoms with Crippen LogP contribution in [-0.4, -0.2) is 29.8 Å². The third-order valence-corrected chi connectivity index (χ3v) is 3.55. The molecule has 0 amide bonds. The van der Waals surface area contributed by atoms with Gasteiger partial charge in [0.2, 0.25) is 0 Å². The van der Waals surface area contributed by atoms with Crippen LogP contribution in [0.25, 0.3) is 0 Å². The van der Waals surface area contributed by atoms with Gasteiger partial charge in [-0.3, -0.25) is 4.79 Å². The Morgan fingerprint density at radius 1 is 1.27 bits per heavy atom. The van der Waals surface area contributed by atoms with Crippen LogP contribution in [-0.2, 0) is 4.79 Å². The third-order valence-electron chi connectivity index (χ3n) is 3.55. The molecule has 2 rings (SSSR count). The maximum atomic E-state index is 11.2. The lowest BCUT2D eigenvalue weighted by molar-refractivity contribution is -0.118. The highest BCUT2D eigenvalue weighted by molar-refractivity contribution is 5.77. The van der Waals surface area contributed by atoms with Crippen molar-refractivity contribution in [2.45, 2.75) is 57.9 Å². The monoisotopic (exact) mass is 209 g/mol. The Morgan fingerprint density at radius 2 is 2.00 bits per heavy atom. The lowest BCUT2D eigenvalue weighted by Crippen LogP contribution is -2.29. The maximum absolute atomic E-state index is 11.2. The van der Waals surface area contributed by atoms with E-state index in [0.29, 0.717) is 12.2 Å². The van der Waals surface area contributed by atoms with Gasteiger partial charge in [0.05, 0.1) is 0 Å². The Labute approximate surface area is 93.0 Å². The fraction of sp³-hybridized carbons (Fsp3) is 0.923. The molecule has 0 unspecified atom stereocenters. The van der Waals surface area contributed by atoms with Gasteiger partial charge >= 0.3 is 0 Å². The van der Waals surface area contributed by atoms with E-state index >= 15 is 0 Å². The average molecular weight is 209 g/mol. The Morgan fingerprint density at radius 3 is 2.53 bits per heavy atom. The normalized spacial score (nSPS) is 20.9. The lowest BCUT2D eigenvalue weighted by atomic mass is 10.1. The summed E-state index contributed by atoms with van der Waals surface area (Å²) >= 11 is 0. The molecule has 2 saturated carbocycles. The number of nitrogens with zero attached hydrogens (tertiary/aromatic N) is 1. The molecule has 0 aromatic carbocycles. The molecular formula is C13H23NO. The highest BCUT2D eigenvalue weighted by Gasteiger charge is 2.33. The molecular weight excluding hydrogens is 186 g/mol. The molecule has 2 aliphatic carbocycles. The quantitative estimate of drug-likeness (QED) is 0.612. The molecule has 0 aromatic heterocycles. The van der Waals surface area contributed by atoms with Crippen LogP contribution in [0.3, 0.4) is 0 Å². The van der Waals surface area contributed by atoms with Gasteiger partial charge in [-0.05, 0) is 44.6 Å². The molecule has 0 bridgehead atoms. The minimum Gasteiger partial charge on any atom is -0.300 e. The second kappa shape index (κ2) is 5.11. The van der Waals surface area contributed by atoms with Crippen LogP contribution in [0.4, 0.5) is 0 Å². The Hall–Kier alpha value is -0.370. The van der Waals surface area contributed by atoms with Crippen LogP contribution in [0.1, 0.15) is 51.9 Å². The number of hydrogen-bond donors (Lipinski definition) is 0. The third kappa shape index (κ3) is 3.94. The molecule has 0 radical (unpaired) electrons. The summed E-state index contributed by atoms with van der Waals surface area (Å²) in [5.41, 5.74) is 0. The van der Waals surface area contributed by atoms with E-state index in [4.69, 9.17) is 0 Å². The molecule has 2 heteroatoms. The molecule has 86 valence electrons. The summed E-state index contributed by atoms with van der Waals surface area (Å²) < 4.78 is 0. The second-order valence-corrected chi connectivity index (χ2v) is 5.17. The van der Waals surface area contributed by atoms with E-state index in [-0.39, 0.29) is 0 Å². The number of carbonyl (C=O) groups is 1. The number of rotatable bonds is 8. The van der Waals surface area contributed by atoms with Crippen molar-refractivity contribution in [2.24, 2.45) is 5.92 Å². The van der Waals surface area contributed by atoms with E-state index in [2.05, 4.69) is 4.90 Å². The predicted octanol–water partition coefficient (Wildman–Crippen LogP) is 2.62. The Balaban J connectivity index is 1.62. The van der Waals surface area contributed by atoms with Gasteiger partial charge in [0, 0.05) is 25.4 Å². The SMILES string of the molecule is CCC(=O)CCCN(CC1CC1)C1CC1. The molecule has 2 fully saturated rings. The van der Waals surface area contributed by atoms with Gasteiger partial charge in [0.1, 0.15) is 5.78 Å². The highest BCUT2D eigenvalue weighted by Crippen LogP contribution is 2.34. The lowest BCUT2D eigenvalue weighted by Gasteiger charge is -2.21. The number of ketones is 1. The van der Waals surface area contributed by atoms with Gasteiger partial charge in [0.15, 0.2) is 0 Å². The van der Waals surface area contributed by atoms with Crippen LogP contribution >= 0.6 is 0 Å². The van der Waals surface area contributed by atoms with Crippen LogP contribution in [0.5, 0.6) is 0 Å². The first kappa shape index (κ1) is 11.1. The van der Waals surface area contributed by atoms with Gasteiger partial charge in [-0.25, -0.2) is 0 Å². The number of Topliss-reactive ketones (excluding diaryl/α,β-unsaturated/α-hetero) is 1. The molecule has 2 nitrogen and oxygen atoms in total. The van der Waals surface area contributed by atoms with Crippen molar-refractivity contribution in [3.05, 3.63) is 0 Å².